The molecular formula is C25H25N3O3. The predicted octanol–water partition coefficient (Wildman–Crippen LogP) is 3.75. The van der Waals surface area contributed by atoms with E-state index in [1.807, 2.05) is 17.0 Å². The Morgan fingerprint density at radius 1 is 0.839 bits per heavy atom. The Labute approximate surface area is 181 Å². The zero-order valence-corrected chi connectivity index (χ0v) is 17.4. The van der Waals surface area contributed by atoms with E-state index in [1.165, 1.54) is 16.3 Å². The average Bonchev–Trinajstić information content (AvgIpc) is 3.25. The molecule has 0 bridgehead atoms. The summed E-state index contributed by atoms with van der Waals surface area (Å²) in [5.74, 6) is 0.0420. The number of nitrogens with zero attached hydrogens (tertiary/aromatic N) is 3. The van der Waals surface area contributed by atoms with Crippen LogP contribution in [-0.4, -0.2) is 61.1 Å². The third-order valence-corrected chi connectivity index (χ3v) is 6.12. The highest BCUT2D eigenvalue weighted by Gasteiger charge is 2.25. The number of ether oxygens (including phenoxy) is 1. The monoisotopic (exact) mass is 415 g/mol. The van der Waals surface area contributed by atoms with Gasteiger partial charge in [-0.1, -0.05) is 42.5 Å². The number of amides is 2. The van der Waals surface area contributed by atoms with E-state index in [1.54, 1.807) is 17.0 Å². The third-order valence-electron chi connectivity index (χ3n) is 6.12. The van der Waals surface area contributed by atoms with Crippen molar-refractivity contribution in [1.29, 1.82) is 0 Å². The molecule has 0 atom stereocenters. The van der Waals surface area contributed by atoms with Crippen molar-refractivity contribution >= 4 is 28.5 Å². The molecule has 158 valence electrons. The van der Waals surface area contributed by atoms with Crippen LogP contribution < -0.4 is 4.90 Å². The number of rotatable bonds is 4. The standard InChI is InChI=1S/C25H25N3O3/c29-24(20-8-10-22(11-9-20)28-16-17-31-25(28)30)27-14-12-26(13-15-27)18-21-6-3-5-19-4-1-2-7-23(19)21/h1-11H,12-18H2. The minimum absolute atomic E-state index is 0.0420. The normalized spacial score (nSPS) is 17.2. The SMILES string of the molecule is O=C(c1ccc(N2CCOC2=O)cc1)N1CCN(Cc2cccc3ccccc23)CC1. The van der Waals surface area contributed by atoms with Crippen molar-refractivity contribution in [3.8, 4) is 0 Å². The molecular weight excluding hydrogens is 390 g/mol. The van der Waals surface area contributed by atoms with E-state index < -0.39 is 0 Å². The summed E-state index contributed by atoms with van der Waals surface area (Å²) < 4.78 is 4.98. The molecule has 2 amide bonds. The van der Waals surface area contributed by atoms with Crippen LogP contribution in [0.25, 0.3) is 10.8 Å². The molecule has 0 aliphatic carbocycles. The lowest BCUT2D eigenvalue weighted by Gasteiger charge is -2.35. The van der Waals surface area contributed by atoms with Gasteiger partial charge in [-0.15, -0.1) is 0 Å². The van der Waals surface area contributed by atoms with Gasteiger partial charge in [-0.25, -0.2) is 4.79 Å². The summed E-state index contributed by atoms with van der Waals surface area (Å²) in [6.45, 7) is 4.98. The van der Waals surface area contributed by atoms with Gasteiger partial charge >= 0.3 is 6.09 Å². The molecule has 3 aromatic rings. The Kier molecular flexibility index (Phi) is 5.30. The lowest BCUT2D eigenvalue weighted by Crippen LogP contribution is -2.48. The molecule has 0 radical (unpaired) electrons. The Bertz CT molecular complexity index is 1100. The van der Waals surface area contributed by atoms with Crippen molar-refractivity contribution in [2.75, 3.05) is 44.2 Å². The molecule has 31 heavy (non-hydrogen) atoms. The number of carbonyl (C=O) groups is 2. The molecule has 0 saturated carbocycles. The topological polar surface area (TPSA) is 53.1 Å². The molecule has 5 rings (SSSR count). The van der Waals surface area contributed by atoms with E-state index in [9.17, 15) is 9.59 Å². The molecule has 2 aliphatic heterocycles. The number of piperazine rings is 1. The first kappa shape index (κ1) is 19.6. The molecule has 0 unspecified atom stereocenters. The van der Waals surface area contributed by atoms with Crippen molar-refractivity contribution < 1.29 is 14.3 Å². The van der Waals surface area contributed by atoms with Gasteiger partial charge in [0, 0.05) is 44.0 Å². The molecule has 2 saturated heterocycles. The van der Waals surface area contributed by atoms with E-state index in [0.29, 0.717) is 31.8 Å². The number of anilines is 1. The van der Waals surface area contributed by atoms with Crippen LogP contribution in [0.2, 0.25) is 0 Å². The first-order valence-electron chi connectivity index (χ1n) is 10.7. The molecule has 2 aliphatic rings. The van der Waals surface area contributed by atoms with Crippen molar-refractivity contribution in [3.05, 3.63) is 77.9 Å². The highest BCUT2D eigenvalue weighted by Crippen LogP contribution is 2.22. The van der Waals surface area contributed by atoms with Crippen LogP contribution in [-0.2, 0) is 11.3 Å². The number of fused-ring (bicyclic) bond motifs is 1. The van der Waals surface area contributed by atoms with Crippen molar-refractivity contribution in [2.45, 2.75) is 6.54 Å². The first-order chi connectivity index (χ1) is 15.2. The molecule has 3 aromatic carbocycles. The average molecular weight is 415 g/mol. The number of hydrogen-bond acceptors (Lipinski definition) is 4. The molecule has 2 heterocycles. The van der Waals surface area contributed by atoms with Gasteiger partial charge in [0.05, 0.1) is 6.54 Å². The van der Waals surface area contributed by atoms with Gasteiger partial charge in [0.25, 0.3) is 5.91 Å². The molecule has 2 fully saturated rings. The fourth-order valence-electron chi connectivity index (χ4n) is 4.37. The molecule has 0 N–H and O–H groups in total. The molecule has 6 nitrogen and oxygen atoms in total. The van der Waals surface area contributed by atoms with E-state index >= 15 is 0 Å². The van der Waals surface area contributed by atoms with Gasteiger partial charge in [-0.3, -0.25) is 14.6 Å². The molecule has 0 aromatic heterocycles. The second kappa shape index (κ2) is 8.40. The van der Waals surface area contributed by atoms with Crippen LogP contribution in [0.3, 0.4) is 0 Å². The lowest BCUT2D eigenvalue weighted by molar-refractivity contribution is 0.0629. The Morgan fingerprint density at radius 2 is 1.58 bits per heavy atom. The Morgan fingerprint density at radius 3 is 2.32 bits per heavy atom. The van der Waals surface area contributed by atoms with Crippen molar-refractivity contribution in [3.63, 3.8) is 0 Å². The second-order valence-electron chi connectivity index (χ2n) is 8.02. The smallest absolute Gasteiger partial charge is 0.414 e. The van der Waals surface area contributed by atoms with Gasteiger partial charge in [0.1, 0.15) is 6.61 Å². The second-order valence-corrected chi connectivity index (χ2v) is 8.02. The lowest BCUT2D eigenvalue weighted by atomic mass is 10.0. The molecule has 6 heteroatoms. The van der Waals surface area contributed by atoms with Gasteiger partial charge in [0.15, 0.2) is 0 Å². The summed E-state index contributed by atoms with van der Waals surface area (Å²) in [5.41, 5.74) is 2.74. The Hall–Kier alpha value is -3.38. The number of benzene rings is 3. The van der Waals surface area contributed by atoms with Crippen molar-refractivity contribution in [1.82, 2.24) is 9.80 Å². The summed E-state index contributed by atoms with van der Waals surface area (Å²) >= 11 is 0. The maximum atomic E-state index is 12.9. The fraction of sp³-hybridized carbons (Fsp3) is 0.280. The van der Waals surface area contributed by atoms with Crippen LogP contribution in [0, 0.1) is 0 Å². The van der Waals surface area contributed by atoms with E-state index in [2.05, 4.69) is 47.4 Å². The van der Waals surface area contributed by atoms with Gasteiger partial charge in [-0.2, -0.15) is 0 Å². The van der Waals surface area contributed by atoms with Crippen LogP contribution in [0.1, 0.15) is 15.9 Å². The highest BCUT2D eigenvalue weighted by molar-refractivity contribution is 5.95. The quantitative estimate of drug-likeness (QED) is 0.651. The minimum Gasteiger partial charge on any atom is -0.447 e. The van der Waals surface area contributed by atoms with E-state index in [0.717, 1.165) is 25.3 Å². The van der Waals surface area contributed by atoms with Crippen LogP contribution in [0.15, 0.2) is 66.7 Å². The number of carbonyl (C=O) groups excluding carboxylic acids is 2. The van der Waals surface area contributed by atoms with Gasteiger partial charge in [-0.05, 0) is 40.6 Å². The maximum absolute atomic E-state index is 12.9. The van der Waals surface area contributed by atoms with E-state index in [4.69, 9.17) is 4.74 Å². The maximum Gasteiger partial charge on any atom is 0.414 e. The van der Waals surface area contributed by atoms with Gasteiger partial charge in [0.2, 0.25) is 0 Å². The zero-order chi connectivity index (χ0) is 21.2. The zero-order valence-electron chi connectivity index (χ0n) is 17.4. The van der Waals surface area contributed by atoms with Crippen LogP contribution >= 0.6 is 0 Å². The first-order valence-corrected chi connectivity index (χ1v) is 10.7. The Balaban J connectivity index is 1.20. The highest BCUT2D eigenvalue weighted by atomic mass is 16.6. The van der Waals surface area contributed by atoms with Gasteiger partial charge < -0.3 is 9.64 Å². The summed E-state index contributed by atoms with van der Waals surface area (Å²) in [7, 11) is 0. The minimum atomic E-state index is -0.332. The summed E-state index contributed by atoms with van der Waals surface area (Å²) in [5, 5.41) is 2.56. The molecule has 0 spiro atoms. The third kappa shape index (κ3) is 3.99. The van der Waals surface area contributed by atoms with Crippen LogP contribution in [0.5, 0.6) is 0 Å². The van der Waals surface area contributed by atoms with E-state index in [-0.39, 0.29) is 12.0 Å². The van der Waals surface area contributed by atoms with Crippen molar-refractivity contribution in [2.24, 2.45) is 0 Å². The largest absolute Gasteiger partial charge is 0.447 e. The number of cyclic esters (lactones) is 1. The predicted molar refractivity (Wildman–Crippen MR) is 120 cm³/mol. The van der Waals surface area contributed by atoms with Crippen LogP contribution in [0.4, 0.5) is 10.5 Å². The fourth-order valence-corrected chi connectivity index (χ4v) is 4.37. The summed E-state index contributed by atoms with van der Waals surface area (Å²) in [6.07, 6.45) is -0.332. The summed E-state index contributed by atoms with van der Waals surface area (Å²) in [6, 6.07) is 22.2. The number of hydrogen-bond donors (Lipinski definition) is 0. The summed E-state index contributed by atoms with van der Waals surface area (Å²) in [4.78, 5) is 30.5.